The van der Waals surface area contributed by atoms with Gasteiger partial charge in [0.2, 0.25) is 0 Å². The van der Waals surface area contributed by atoms with E-state index in [9.17, 15) is 5.11 Å². The molecule has 0 aromatic rings. The van der Waals surface area contributed by atoms with E-state index in [4.69, 9.17) is 4.74 Å². The summed E-state index contributed by atoms with van der Waals surface area (Å²) >= 11 is 0. The molecular weight excluding hydrogens is 248 g/mol. The third kappa shape index (κ3) is 2.66. The van der Waals surface area contributed by atoms with Gasteiger partial charge in [-0.1, -0.05) is 38.5 Å². The molecule has 6 atom stereocenters. The molecule has 1 aliphatic heterocycles. The summed E-state index contributed by atoms with van der Waals surface area (Å²) in [6.07, 6.45) is 16.0. The highest BCUT2D eigenvalue weighted by atomic mass is 16.6. The van der Waals surface area contributed by atoms with Crippen molar-refractivity contribution in [3.63, 3.8) is 0 Å². The lowest BCUT2D eigenvalue weighted by Gasteiger charge is -2.38. The molecule has 0 bridgehead atoms. The van der Waals surface area contributed by atoms with Gasteiger partial charge in [-0.3, -0.25) is 0 Å². The van der Waals surface area contributed by atoms with Crippen LogP contribution in [0.1, 0.15) is 70.6 Å². The van der Waals surface area contributed by atoms with E-state index in [1.54, 1.807) is 0 Å². The van der Waals surface area contributed by atoms with Crippen LogP contribution in [0.25, 0.3) is 0 Å². The lowest BCUT2D eigenvalue weighted by molar-refractivity contribution is 0.0422. The number of fused-ring (bicyclic) bond motifs is 3. The van der Waals surface area contributed by atoms with Gasteiger partial charge in [0.15, 0.2) is 0 Å². The first kappa shape index (κ1) is 13.6. The Hall–Kier alpha value is -0.0800. The van der Waals surface area contributed by atoms with Crippen molar-refractivity contribution in [1.82, 2.24) is 0 Å². The highest BCUT2D eigenvalue weighted by Crippen LogP contribution is 2.53. The summed E-state index contributed by atoms with van der Waals surface area (Å²) in [5, 5.41) is 9.87. The summed E-state index contributed by atoms with van der Waals surface area (Å²) in [5.74, 6) is 3.42. The van der Waals surface area contributed by atoms with E-state index < -0.39 is 0 Å². The average molecular weight is 278 g/mol. The monoisotopic (exact) mass is 278 g/mol. The molecule has 6 unspecified atom stereocenters. The zero-order chi connectivity index (χ0) is 13.5. The van der Waals surface area contributed by atoms with Crippen LogP contribution in [0.2, 0.25) is 0 Å². The first-order valence-electron chi connectivity index (χ1n) is 9.15. The van der Waals surface area contributed by atoms with Crippen LogP contribution >= 0.6 is 0 Å². The maximum absolute atomic E-state index is 9.87. The zero-order valence-electron chi connectivity index (χ0n) is 12.7. The van der Waals surface area contributed by atoms with E-state index in [-0.39, 0.29) is 6.10 Å². The smallest absolute Gasteiger partial charge is 0.0876 e. The van der Waals surface area contributed by atoms with Crippen LogP contribution in [0.3, 0.4) is 0 Å². The standard InChI is InChI=1S/C18H30O2/c19-15-9-8-13-10-14(17-18(20-17)16(13)11-15)7-6-12-4-2-1-3-5-12/h12-19H,1-11H2. The molecule has 1 saturated heterocycles. The Kier molecular flexibility index (Phi) is 3.80. The highest BCUT2D eigenvalue weighted by Gasteiger charge is 2.56. The summed E-state index contributed by atoms with van der Waals surface area (Å²) in [7, 11) is 0. The summed E-state index contributed by atoms with van der Waals surface area (Å²) in [4.78, 5) is 0. The summed E-state index contributed by atoms with van der Waals surface area (Å²) in [6, 6.07) is 0. The van der Waals surface area contributed by atoms with Gasteiger partial charge >= 0.3 is 0 Å². The van der Waals surface area contributed by atoms with Gasteiger partial charge in [-0.15, -0.1) is 0 Å². The molecule has 0 amide bonds. The third-order valence-corrected chi connectivity index (χ3v) is 6.74. The van der Waals surface area contributed by atoms with E-state index in [0.29, 0.717) is 18.1 Å². The summed E-state index contributed by atoms with van der Waals surface area (Å²) in [5.41, 5.74) is 0. The highest BCUT2D eigenvalue weighted by molar-refractivity contribution is 5.04. The van der Waals surface area contributed by atoms with Crippen molar-refractivity contribution in [3.8, 4) is 0 Å². The Morgan fingerprint density at radius 2 is 1.70 bits per heavy atom. The van der Waals surface area contributed by atoms with Crippen LogP contribution in [0.15, 0.2) is 0 Å². The van der Waals surface area contributed by atoms with Crippen molar-refractivity contribution in [2.24, 2.45) is 23.7 Å². The van der Waals surface area contributed by atoms with Crippen LogP contribution in [-0.4, -0.2) is 23.4 Å². The number of hydrogen-bond donors (Lipinski definition) is 1. The molecule has 1 N–H and O–H groups in total. The Bertz CT molecular complexity index is 336. The van der Waals surface area contributed by atoms with Crippen molar-refractivity contribution in [3.05, 3.63) is 0 Å². The van der Waals surface area contributed by atoms with Gasteiger partial charge in [-0.25, -0.2) is 0 Å². The van der Waals surface area contributed by atoms with Gasteiger partial charge in [-0.05, 0) is 55.8 Å². The zero-order valence-corrected chi connectivity index (χ0v) is 12.7. The number of ether oxygens (including phenoxy) is 1. The predicted octanol–water partition coefficient (Wildman–Crippen LogP) is 3.91. The average Bonchev–Trinajstić information content (AvgIpc) is 3.27. The molecule has 0 aromatic heterocycles. The second kappa shape index (κ2) is 5.61. The normalized spacial score (nSPS) is 48.5. The molecule has 2 heteroatoms. The maximum atomic E-state index is 9.87. The van der Waals surface area contributed by atoms with Crippen molar-refractivity contribution in [1.29, 1.82) is 0 Å². The summed E-state index contributed by atoms with van der Waals surface area (Å²) in [6.45, 7) is 0. The molecule has 0 spiro atoms. The summed E-state index contributed by atoms with van der Waals surface area (Å²) < 4.78 is 6.04. The fourth-order valence-electron chi connectivity index (χ4n) is 5.53. The molecule has 4 fully saturated rings. The van der Waals surface area contributed by atoms with Crippen LogP contribution in [-0.2, 0) is 4.74 Å². The van der Waals surface area contributed by atoms with Crippen molar-refractivity contribution in [2.45, 2.75) is 88.9 Å². The van der Waals surface area contributed by atoms with Gasteiger partial charge in [-0.2, -0.15) is 0 Å². The number of aliphatic hydroxyl groups excluding tert-OH is 1. The molecule has 0 aromatic carbocycles. The SMILES string of the molecule is OC1CCC2CC(CCC3CCCCC3)C3OC3C2C1. The molecule has 0 radical (unpaired) electrons. The maximum Gasteiger partial charge on any atom is 0.0876 e. The molecule has 4 rings (SSSR count). The topological polar surface area (TPSA) is 32.8 Å². The quantitative estimate of drug-likeness (QED) is 0.794. The van der Waals surface area contributed by atoms with Crippen LogP contribution in [0, 0.1) is 23.7 Å². The van der Waals surface area contributed by atoms with E-state index in [1.807, 2.05) is 0 Å². The first-order chi connectivity index (χ1) is 9.81. The number of hydrogen-bond acceptors (Lipinski definition) is 2. The van der Waals surface area contributed by atoms with Gasteiger partial charge in [0.05, 0.1) is 18.3 Å². The fraction of sp³-hybridized carbons (Fsp3) is 1.00. The number of aliphatic hydroxyl groups is 1. The van der Waals surface area contributed by atoms with E-state index in [0.717, 1.165) is 30.6 Å². The lowest BCUT2D eigenvalue weighted by atomic mass is 9.65. The molecule has 3 saturated carbocycles. The van der Waals surface area contributed by atoms with Crippen LogP contribution in [0.5, 0.6) is 0 Å². The minimum absolute atomic E-state index is 0.0418. The molecule has 20 heavy (non-hydrogen) atoms. The molecule has 1 heterocycles. The molecule has 2 nitrogen and oxygen atoms in total. The van der Waals surface area contributed by atoms with Crippen molar-refractivity contribution >= 4 is 0 Å². The Labute approximate surface area is 123 Å². The second-order valence-electron chi connectivity index (χ2n) is 8.03. The minimum Gasteiger partial charge on any atom is -0.393 e. The van der Waals surface area contributed by atoms with E-state index in [2.05, 4.69) is 0 Å². The van der Waals surface area contributed by atoms with Gasteiger partial charge < -0.3 is 9.84 Å². The van der Waals surface area contributed by atoms with Gasteiger partial charge in [0.1, 0.15) is 0 Å². The second-order valence-corrected chi connectivity index (χ2v) is 8.03. The van der Waals surface area contributed by atoms with E-state index in [1.165, 1.54) is 57.8 Å². The van der Waals surface area contributed by atoms with Gasteiger partial charge in [0, 0.05) is 0 Å². The number of epoxide rings is 1. The molecule has 114 valence electrons. The van der Waals surface area contributed by atoms with E-state index >= 15 is 0 Å². The predicted molar refractivity (Wildman–Crippen MR) is 79.4 cm³/mol. The Balaban J connectivity index is 1.30. The molecular formula is C18H30O2. The van der Waals surface area contributed by atoms with Crippen molar-refractivity contribution in [2.75, 3.05) is 0 Å². The Morgan fingerprint density at radius 3 is 2.55 bits per heavy atom. The fourth-order valence-corrected chi connectivity index (χ4v) is 5.53. The van der Waals surface area contributed by atoms with Crippen LogP contribution < -0.4 is 0 Å². The number of rotatable bonds is 3. The van der Waals surface area contributed by atoms with Crippen molar-refractivity contribution < 1.29 is 9.84 Å². The van der Waals surface area contributed by atoms with Crippen LogP contribution in [0.4, 0.5) is 0 Å². The Morgan fingerprint density at radius 1 is 0.850 bits per heavy atom. The van der Waals surface area contributed by atoms with Gasteiger partial charge in [0.25, 0.3) is 0 Å². The molecule has 4 aliphatic rings. The lowest BCUT2D eigenvalue weighted by Crippen LogP contribution is -2.38. The largest absolute Gasteiger partial charge is 0.393 e. The first-order valence-corrected chi connectivity index (χ1v) is 9.15. The third-order valence-electron chi connectivity index (χ3n) is 6.74. The minimum atomic E-state index is -0.0418. The molecule has 3 aliphatic carbocycles.